The van der Waals surface area contributed by atoms with Crippen LogP contribution in [0.5, 0.6) is 11.5 Å². The lowest BCUT2D eigenvalue weighted by Crippen LogP contribution is -2.59. The fourth-order valence-corrected chi connectivity index (χ4v) is 7.35. The third-order valence-electron chi connectivity index (χ3n) is 9.99. The van der Waals surface area contributed by atoms with Crippen molar-refractivity contribution >= 4 is 47.5 Å². The highest BCUT2D eigenvalue weighted by atomic mass is 32.1. The van der Waals surface area contributed by atoms with Gasteiger partial charge in [-0.15, -0.1) is 0 Å². The van der Waals surface area contributed by atoms with Gasteiger partial charge in [-0.05, 0) is 88.3 Å². The third kappa shape index (κ3) is 11.7. The molecule has 3 unspecified atom stereocenters. The van der Waals surface area contributed by atoms with E-state index in [4.69, 9.17) is 9.47 Å². The zero-order chi connectivity index (χ0) is 40.5. The number of thiol groups is 1. The number of aromatic nitrogens is 1. The first-order chi connectivity index (χ1) is 26.0. The molecule has 16 heteroatoms. The van der Waals surface area contributed by atoms with Gasteiger partial charge in [-0.1, -0.05) is 51.7 Å². The summed E-state index contributed by atoms with van der Waals surface area (Å²) in [5.74, 6) is -0.623. The molecule has 2 aromatic rings. The summed E-state index contributed by atoms with van der Waals surface area (Å²) in [4.78, 5) is 56.4. The number of halogens is 3. The van der Waals surface area contributed by atoms with E-state index in [1.807, 2.05) is 19.9 Å². The molecule has 3 heterocycles. The quantitative estimate of drug-likeness (QED) is 0.186. The van der Waals surface area contributed by atoms with Crippen LogP contribution in [0.15, 0.2) is 30.4 Å². The number of hydrogen-bond acceptors (Lipinski definition) is 9. The van der Waals surface area contributed by atoms with Crippen LogP contribution in [0.25, 0.3) is 10.9 Å². The van der Waals surface area contributed by atoms with Crippen molar-refractivity contribution in [3.8, 4) is 11.5 Å². The first kappa shape index (κ1) is 43.5. The molecule has 1 aliphatic carbocycles. The molecule has 12 nitrogen and oxygen atoms in total. The number of primary amides is 1. The van der Waals surface area contributed by atoms with Crippen LogP contribution in [-0.2, 0) is 31.7 Å². The summed E-state index contributed by atoms with van der Waals surface area (Å²) in [5.41, 5.74) is 2.72. The van der Waals surface area contributed by atoms with E-state index in [9.17, 15) is 32.3 Å². The highest BCUT2D eigenvalue weighted by Crippen LogP contribution is 2.42. The molecule has 5 rings (SSSR count). The molecule has 3 atom stereocenters. The van der Waals surface area contributed by atoms with Gasteiger partial charge >= 0.3 is 12.3 Å². The zero-order valence-electron chi connectivity index (χ0n) is 32.2. The van der Waals surface area contributed by atoms with Crippen LogP contribution in [0.1, 0.15) is 96.2 Å². The molecule has 1 aromatic carbocycles. The number of pyridine rings is 1. The Labute approximate surface area is 326 Å². The van der Waals surface area contributed by atoms with E-state index in [2.05, 4.69) is 33.6 Å². The number of hydrogen-bond donors (Lipinski definition) is 3. The minimum atomic E-state index is -4.74. The lowest BCUT2D eigenvalue weighted by molar-refractivity contribution is -0.142. The van der Waals surface area contributed by atoms with Crippen LogP contribution < -0.4 is 20.5 Å². The van der Waals surface area contributed by atoms with Crippen molar-refractivity contribution in [2.24, 2.45) is 17.6 Å². The molecule has 0 spiro atoms. The fourth-order valence-electron chi connectivity index (χ4n) is 6.91. The number of fused-ring (bicyclic) bond motifs is 2. The highest BCUT2D eigenvalue weighted by molar-refractivity contribution is 7.78. The average Bonchev–Trinajstić information content (AvgIpc) is 3.90. The number of carbonyl (C=O) groups is 4. The van der Waals surface area contributed by atoms with Crippen molar-refractivity contribution in [3.05, 3.63) is 41.6 Å². The monoisotopic (exact) mass is 793 g/mol. The summed E-state index contributed by atoms with van der Waals surface area (Å²) in [7, 11) is 2.67. The van der Waals surface area contributed by atoms with Gasteiger partial charge in [-0.2, -0.15) is 13.2 Å². The Morgan fingerprint density at radius 2 is 1.84 bits per heavy atom. The molecular formula is C39H54F3N5O7S. The molecule has 1 saturated carbocycles. The number of methoxy groups -OCH3 is 2. The summed E-state index contributed by atoms with van der Waals surface area (Å²) < 4.78 is 58.8. The van der Waals surface area contributed by atoms with Gasteiger partial charge in [0.2, 0.25) is 11.8 Å². The van der Waals surface area contributed by atoms with Gasteiger partial charge in [0.15, 0.2) is 11.4 Å². The topological polar surface area (TPSA) is 153 Å². The Kier molecular flexibility index (Phi) is 15.1. The van der Waals surface area contributed by atoms with Gasteiger partial charge in [-0.25, -0.2) is 9.78 Å². The van der Waals surface area contributed by atoms with E-state index >= 15 is 0 Å². The second kappa shape index (κ2) is 19.1. The lowest BCUT2D eigenvalue weighted by atomic mass is 9.93. The molecule has 0 radical (unpaired) electrons. The van der Waals surface area contributed by atoms with Crippen molar-refractivity contribution in [2.45, 2.75) is 115 Å². The summed E-state index contributed by atoms with van der Waals surface area (Å²) in [6.45, 7) is 6.24. The van der Waals surface area contributed by atoms with Gasteiger partial charge in [0.05, 0.1) is 26.3 Å². The van der Waals surface area contributed by atoms with Crippen LogP contribution >= 0.6 is 12.8 Å². The maximum absolute atomic E-state index is 14.1. The van der Waals surface area contributed by atoms with E-state index in [-0.39, 0.29) is 48.0 Å². The highest BCUT2D eigenvalue weighted by Gasteiger charge is 2.45. The van der Waals surface area contributed by atoms with Crippen molar-refractivity contribution in [2.75, 3.05) is 27.4 Å². The SMILES string of the molecule is CC(C)COC(N)=O.COc1ccc2nc(C(F)(F)F)c(OC)c(CCC3CC4C(=O)NC(C)(C(=O)N(S)C5CC5)C=CCCCCCCC(=O)N4C3)c2c1. The van der Waals surface area contributed by atoms with E-state index in [1.54, 1.807) is 30.0 Å². The number of nitrogens with one attached hydrogen (secondary N) is 1. The second-order valence-corrected chi connectivity index (χ2v) is 15.4. The molecule has 0 bridgehead atoms. The van der Waals surface area contributed by atoms with Gasteiger partial charge in [0.1, 0.15) is 17.3 Å². The van der Waals surface area contributed by atoms with Gasteiger partial charge < -0.3 is 30.2 Å². The minimum Gasteiger partial charge on any atom is -0.497 e. The number of alkyl halides is 3. The van der Waals surface area contributed by atoms with Crippen LogP contribution in [0.3, 0.4) is 0 Å². The first-order valence-corrected chi connectivity index (χ1v) is 19.2. The van der Waals surface area contributed by atoms with Gasteiger partial charge in [0, 0.05) is 30.0 Å². The first-order valence-electron chi connectivity index (χ1n) is 18.8. The van der Waals surface area contributed by atoms with Crippen molar-refractivity contribution < 1.29 is 46.6 Å². The van der Waals surface area contributed by atoms with Crippen LogP contribution in [0.4, 0.5) is 18.0 Å². The van der Waals surface area contributed by atoms with E-state index < -0.39 is 35.5 Å². The normalized spacial score (nSPS) is 22.3. The maximum atomic E-state index is 14.1. The number of rotatable bonds is 9. The van der Waals surface area contributed by atoms with Crippen LogP contribution in [-0.4, -0.2) is 83.0 Å². The second-order valence-electron chi connectivity index (χ2n) is 15.0. The molecular weight excluding hydrogens is 740 g/mol. The predicted octanol–water partition coefficient (Wildman–Crippen LogP) is 6.78. The number of aryl methyl sites for hydroxylation is 1. The molecule has 1 aromatic heterocycles. The summed E-state index contributed by atoms with van der Waals surface area (Å²) in [5, 5.41) is 3.43. The minimum absolute atomic E-state index is 0.0223. The van der Waals surface area contributed by atoms with E-state index in [1.165, 1.54) is 24.6 Å². The van der Waals surface area contributed by atoms with Crippen LogP contribution in [0.2, 0.25) is 0 Å². The zero-order valence-corrected chi connectivity index (χ0v) is 33.1. The van der Waals surface area contributed by atoms with Crippen molar-refractivity contribution in [1.82, 2.24) is 19.5 Å². The van der Waals surface area contributed by atoms with Gasteiger partial charge in [0.25, 0.3) is 5.91 Å². The number of allylic oxidation sites excluding steroid dienone is 1. The maximum Gasteiger partial charge on any atom is 0.437 e. The molecule has 3 N–H and O–H groups in total. The standard InChI is InChI=1S/C34H43F3N4O5S.C5H11NO2/c1-33(32(44)41(47)22-12-13-22)17-9-7-5-4-6-8-10-28(42)40-20-21(18-27(40)31(43)39-33)11-15-24-25-19-23(45-2)14-16-26(25)38-30(29(24)46-3)34(35,36)37;1-4(2)3-8-5(6)7/h9,14,16-17,19,21-22,27,47H,4-8,10-13,15,18,20H2,1-3H3,(H,39,43);4H,3H2,1-2H3,(H2,6,7). The number of carbonyl (C=O) groups excluding carboxylic acids is 4. The Hall–Kier alpha value is -4.21. The molecule has 2 aliphatic heterocycles. The van der Waals surface area contributed by atoms with E-state index in [0.29, 0.717) is 54.9 Å². The number of benzene rings is 1. The van der Waals surface area contributed by atoms with E-state index in [0.717, 1.165) is 38.5 Å². The number of ether oxygens (including phenoxy) is 3. The molecule has 304 valence electrons. The van der Waals surface area contributed by atoms with Crippen molar-refractivity contribution in [3.63, 3.8) is 0 Å². The summed E-state index contributed by atoms with van der Waals surface area (Å²) in [6, 6.07) is 3.88. The molecule has 3 aliphatic rings. The van der Waals surface area contributed by atoms with Crippen molar-refractivity contribution in [1.29, 1.82) is 0 Å². The number of amides is 4. The van der Waals surface area contributed by atoms with Crippen LogP contribution in [0, 0.1) is 11.8 Å². The predicted molar refractivity (Wildman–Crippen MR) is 204 cm³/mol. The molecule has 1 saturated heterocycles. The number of nitrogens with zero attached hydrogens (tertiary/aromatic N) is 3. The Balaban J connectivity index is 0.000000757. The Morgan fingerprint density at radius 3 is 2.44 bits per heavy atom. The van der Waals surface area contributed by atoms with Gasteiger partial charge in [-0.3, -0.25) is 18.7 Å². The summed E-state index contributed by atoms with van der Waals surface area (Å²) in [6.07, 6.45) is 5.26. The molecule has 2 fully saturated rings. The molecule has 4 amide bonds. The smallest absolute Gasteiger partial charge is 0.437 e. The number of nitrogens with two attached hydrogens (primary N) is 1. The third-order valence-corrected chi connectivity index (χ3v) is 10.5. The summed E-state index contributed by atoms with van der Waals surface area (Å²) >= 11 is 4.44. The average molecular weight is 794 g/mol. The fraction of sp³-hybridized carbons (Fsp3) is 0.615. The molecule has 55 heavy (non-hydrogen) atoms. The largest absolute Gasteiger partial charge is 0.497 e. The Morgan fingerprint density at radius 1 is 1.13 bits per heavy atom. The lowest BCUT2D eigenvalue weighted by Gasteiger charge is -2.33. The Bertz CT molecular complexity index is 1720.